The Morgan fingerprint density at radius 3 is 1.81 bits per heavy atom. The third-order valence-corrected chi connectivity index (χ3v) is 3.92. The van der Waals surface area contributed by atoms with Crippen LogP contribution in [-0.2, 0) is 25.3 Å². The van der Waals surface area contributed by atoms with E-state index in [1.54, 1.807) is 44.2 Å². The van der Waals surface area contributed by atoms with Gasteiger partial charge in [-0.25, -0.2) is 9.59 Å². The van der Waals surface area contributed by atoms with E-state index in [0.717, 1.165) is 11.1 Å². The second-order valence-electron chi connectivity index (χ2n) is 6.97. The van der Waals surface area contributed by atoms with E-state index in [2.05, 4.69) is 40.6 Å². The molecule has 6 nitrogen and oxygen atoms in total. The Morgan fingerprint density at radius 1 is 0.769 bits per heavy atom. The van der Waals surface area contributed by atoms with Gasteiger partial charge in [-0.3, -0.25) is 9.78 Å². The Kier molecular flexibility index (Phi) is 6.13. The molecule has 0 aliphatic heterocycles. The van der Waals surface area contributed by atoms with Crippen molar-refractivity contribution in [2.24, 2.45) is 0 Å². The van der Waals surface area contributed by atoms with Gasteiger partial charge in [0, 0.05) is 10.1 Å². The van der Waals surface area contributed by atoms with Crippen molar-refractivity contribution < 1.29 is 29.4 Å². The summed E-state index contributed by atoms with van der Waals surface area (Å²) in [5.74, 6) is -1.51. The lowest BCUT2D eigenvalue weighted by Crippen LogP contribution is -2.14. The van der Waals surface area contributed by atoms with Crippen molar-refractivity contribution in [1.82, 2.24) is 0 Å². The Labute approximate surface area is 152 Å². The Balaban J connectivity index is 1.88. The van der Waals surface area contributed by atoms with Crippen LogP contribution in [0.2, 0.25) is 0 Å². The normalized spacial score (nSPS) is 11.1. The van der Waals surface area contributed by atoms with Crippen LogP contribution < -0.4 is 0 Å². The quantitative estimate of drug-likeness (QED) is 0.448. The first-order chi connectivity index (χ1) is 12.2. The molecule has 0 amide bonds. The third-order valence-electron chi connectivity index (χ3n) is 3.92. The monoisotopic (exact) mass is 358 g/mol. The number of aryl methyl sites for hydroxylation is 2. The predicted molar refractivity (Wildman–Crippen MR) is 94.1 cm³/mol. The second-order valence-corrected chi connectivity index (χ2v) is 6.97. The van der Waals surface area contributed by atoms with Gasteiger partial charge in [0.15, 0.2) is 0 Å². The lowest BCUT2D eigenvalue weighted by atomic mass is 9.85. The van der Waals surface area contributed by atoms with Gasteiger partial charge in [0.1, 0.15) is 0 Å². The van der Waals surface area contributed by atoms with Crippen molar-refractivity contribution in [2.75, 3.05) is 0 Å². The zero-order chi connectivity index (χ0) is 19.3. The summed E-state index contributed by atoms with van der Waals surface area (Å²) in [6.07, 6.45) is 0. The molecule has 6 heteroatoms. The highest BCUT2D eigenvalue weighted by Gasteiger charge is 2.18. The van der Waals surface area contributed by atoms with Gasteiger partial charge in [0.05, 0.1) is 11.1 Å². The molecule has 0 aromatic heterocycles. The van der Waals surface area contributed by atoms with Crippen LogP contribution in [0, 0.1) is 13.8 Å². The number of benzene rings is 2. The van der Waals surface area contributed by atoms with Crippen LogP contribution in [-0.4, -0.2) is 11.9 Å². The Bertz CT molecular complexity index is 804. The summed E-state index contributed by atoms with van der Waals surface area (Å²) >= 11 is 0. The van der Waals surface area contributed by atoms with Crippen molar-refractivity contribution in [3.63, 3.8) is 0 Å². The molecule has 0 radical (unpaired) electrons. The molecule has 0 aliphatic rings. The average molecular weight is 358 g/mol. The minimum Gasteiger partial charge on any atom is -0.260 e. The van der Waals surface area contributed by atoms with Crippen molar-refractivity contribution >= 4 is 11.9 Å². The minimum absolute atomic E-state index is 0.0312. The van der Waals surface area contributed by atoms with Gasteiger partial charge < -0.3 is 0 Å². The highest BCUT2D eigenvalue weighted by atomic mass is 17.7. The first kappa shape index (κ1) is 19.6. The van der Waals surface area contributed by atoms with Gasteiger partial charge in [-0.1, -0.05) is 51.1 Å². The number of hydrogen-bond donors (Lipinski definition) is 0. The molecule has 2 aromatic rings. The lowest BCUT2D eigenvalue weighted by Gasteiger charge is -2.20. The standard InChI is InChI=1S/C20H22O6/c1-13-8-6-7-9-16(13)18(21)23-25-26-24-19(22)17-11-10-15(12-14(17)2)20(3,4)5/h6-12H,1-5H3. The van der Waals surface area contributed by atoms with Gasteiger partial charge >= 0.3 is 11.9 Å². The minimum atomic E-state index is -0.759. The second kappa shape index (κ2) is 8.12. The zero-order valence-corrected chi connectivity index (χ0v) is 15.5. The first-order valence-corrected chi connectivity index (χ1v) is 8.13. The van der Waals surface area contributed by atoms with E-state index in [0.29, 0.717) is 16.7 Å². The molecule has 0 fully saturated rings. The van der Waals surface area contributed by atoms with Crippen LogP contribution in [0.5, 0.6) is 0 Å². The molecule has 0 heterocycles. The molecule has 0 aliphatic carbocycles. The van der Waals surface area contributed by atoms with E-state index >= 15 is 0 Å². The topological polar surface area (TPSA) is 71.1 Å². The van der Waals surface area contributed by atoms with E-state index in [1.807, 2.05) is 12.1 Å². The van der Waals surface area contributed by atoms with E-state index in [4.69, 9.17) is 0 Å². The van der Waals surface area contributed by atoms with Gasteiger partial charge in [-0.05, 0) is 48.1 Å². The molecule has 0 saturated carbocycles. The molecule has 0 spiro atoms. The Hall–Kier alpha value is -2.70. The van der Waals surface area contributed by atoms with Gasteiger partial charge in [0.2, 0.25) is 0 Å². The highest BCUT2D eigenvalue weighted by Crippen LogP contribution is 2.24. The fraction of sp³-hybridized carbons (Fsp3) is 0.300. The fourth-order valence-electron chi connectivity index (χ4n) is 2.34. The molecule has 2 rings (SSSR count). The van der Waals surface area contributed by atoms with Crippen molar-refractivity contribution in [3.05, 3.63) is 70.3 Å². The van der Waals surface area contributed by atoms with Crippen molar-refractivity contribution in [3.8, 4) is 0 Å². The average Bonchev–Trinajstić information content (AvgIpc) is 2.57. The maximum atomic E-state index is 12.0. The molecular weight excluding hydrogens is 336 g/mol. The maximum Gasteiger partial charge on any atom is 0.376 e. The number of carbonyl (C=O) groups excluding carboxylic acids is 2. The molecule has 0 bridgehead atoms. The van der Waals surface area contributed by atoms with Crippen LogP contribution >= 0.6 is 0 Å². The Morgan fingerprint density at radius 2 is 1.31 bits per heavy atom. The molecule has 0 atom stereocenters. The van der Waals surface area contributed by atoms with Crippen molar-refractivity contribution in [1.29, 1.82) is 0 Å². The highest BCUT2D eigenvalue weighted by molar-refractivity contribution is 5.91. The third kappa shape index (κ3) is 4.91. The number of carbonyl (C=O) groups is 2. The molecule has 138 valence electrons. The van der Waals surface area contributed by atoms with E-state index in [9.17, 15) is 9.59 Å². The fourth-order valence-corrected chi connectivity index (χ4v) is 2.34. The summed E-state index contributed by atoms with van der Waals surface area (Å²) in [5.41, 5.74) is 3.16. The summed E-state index contributed by atoms with van der Waals surface area (Å²) in [6, 6.07) is 12.2. The van der Waals surface area contributed by atoms with Gasteiger partial charge in [-0.15, -0.1) is 0 Å². The van der Waals surface area contributed by atoms with Crippen LogP contribution in [0.4, 0.5) is 0 Å². The molecule has 2 aromatic carbocycles. The summed E-state index contributed by atoms with van der Waals surface area (Å²) < 4.78 is 0. The zero-order valence-electron chi connectivity index (χ0n) is 15.5. The summed E-state index contributed by atoms with van der Waals surface area (Å²) in [4.78, 5) is 32.8. The van der Waals surface area contributed by atoms with Crippen LogP contribution in [0.25, 0.3) is 0 Å². The largest absolute Gasteiger partial charge is 0.376 e. The SMILES string of the molecule is Cc1ccccc1C(=O)OOOOC(=O)c1ccc(C(C)(C)C)cc1C. The number of hydrogen-bond acceptors (Lipinski definition) is 6. The van der Waals surface area contributed by atoms with Crippen LogP contribution in [0.15, 0.2) is 42.5 Å². The molecular formula is C20H22O6. The molecule has 0 saturated heterocycles. The smallest absolute Gasteiger partial charge is 0.260 e. The number of rotatable bonds is 5. The van der Waals surface area contributed by atoms with Crippen molar-refractivity contribution in [2.45, 2.75) is 40.0 Å². The van der Waals surface area contributed by atoms with Crippen LogP contribution in [0.3, 0.4) is 0 Å². The predicted octanol–water partition coefficient (Wildman–Crippen LogP) is 4.39. The lowest BCUT2D eigenvalue weighted by molar-refractivity contribution is -0.595. The van der Waals surface area contributed by atoms with E-state index < -0.39 is 11.9 Å². The first-order valence-electron chi connectivity index (χ1n) is 8.13. The van der Waals surface area contributed by atoms with E-state index in [1.165, 1.54) is 0 Å². The molecule has 0 N–H and O–H groups in total. The summed E-state index contributed by atoms with van der Waals surface area (Å²) in [7, 11) is 0. The van der Waals surface area contributed by atoms with Gasteiger partial charge in [0.25, 0.3) is 0 Å². The summed E-state index contributed by atoms with van der Waals surface area (Å²) in [5, 5.41) is 8.46. The molecule has 0 unspecified atom stereocenters. The van der Waals surface area contributed by atoms with E-state index in [-0.39, 0.29) is 5.41 Å². The maximum absolute atomic E-state index is 12.0. The molecule has 26 heavy (non-hydrogen) atoms. The summed E-state index contributed by atoms with van der Waals surface area (Å²) in [6.45, 7) is 9.80. The van der Waals surface area contributed by atoms with Gasteiger partial charge in [-0.2, -0.15) is 0 Å². The van der Waals surface area contributed by atoms with Crippen LogP contribution in [0.1, 0.15) is 58.2 Å².